The normalized spacial score (nSPS) is 19.6. The lowest BCUT2D eigenvalue weighted by molar-refractivity contribution is 0.429. The third-order valence-corrected chi connectivity index (χ3v) is 4.51. The van der Waals surface area contributed by atoms with Crippen LogP contribution >= 0.6 is 0 Å². The summed E-state index contributed by atoms with van der Waals surface area (Å²) in [6.45, 7) is 6.37. The van der Waals surface area contributed by atoms with Crippen molar-refractivity contribution >= 4 is 10.9 Å². The average molecular weight is 268 g/mol. The van der Waals surface area contributed by atoms with E-state index in [-0.39, 0.29) is 0 Å². The van der Waals surface area contributed by atoms with Crippen LogP contribution in [0.2, 0.25) is 0 Å². The summed E-state index contributed by atoms with van der Waals surface area (Å²) in [5, 5.41) is 4.97. The largest absolute Gasteiger partial charge is 0.361 e. The molecule has 20 heavy (non-hydrogen) atoms. The van der Waals surface area contributed by atoms with Crippen molar-refractivity contribution in [1.29, 1.82) is 0 Å². The molecule has 0 aliphatic heterocycles. The summed E-state index contributed by atoms with van der Waals surface area (Å²) in [6.07, 6.45) is 8.49. The first-order valence-corrected chi connectivity index (χ1v) is 7.78. The zero-order valence-corrected chi connectivity index (χ0v) is 12.1. The predicted octanol–water partition coefficient (Wildman–Crippen LogP) is 4.05. The van der Waals surface area contributed by atoms with Gasteiger partial charge in [0.25, 0.3) is 0 Å². The minimum absolute atomic E-state index is 0.701. The molecule has 1 aliphatic rings. The number of fused-ring (bicyclic) bond motifs is 1. The molecule has 1 fully saturated rings. The molecule has 0 saturated heterocycles. The molecule has 1 atom stereocenters. The fourth-order valence-corrected chi connectivity index (χ4v) is 3.24. The molecule has 1 aromatic heterocycles. The van der Waals surface area contributed by atoms with E-state index in [1.165, 1.54) is 47.7 Å². The molecule has 2 aromatic rings. The Morgan fingerprint density at radius 2 is 2.15 bits per heavy atom. The van der Waals surface area contributed by atoms with Crippen molar-refractivity contribution < 1.29 is 0 Å². The van der Waals surface area contributed by atoms with Gasteiger partial charge in [-0.2, -0.15) is 0 Å². The summed E-state index contributed by atoms with van der Waals surface area (Å²) < 4.78 is 0. The molecule has 1 heterocycles. The number of nitrogens with one attached hydrogen (secondary N) is 2. The number of aromatic nitrogens is 1. The number of rotatable bonds is 5. The Labute approximate surface area is 121 Å². The highest BCUT2D eigenvalue weighted by atomic mass is 14.9. The lowest BCUT2D eigenvalue weighted by Gasteiger charge is -2.24. The Morgan fingerprint density at radius 1 is 1.25 bits per heavy atom. The molecular formula is C18H24N2. The van der Waals surface area contributed by atoms with Crippen LogP contribution in [0.3, 0.4) is 0 Å². The molecule has 1 aliphatic carbocycles. The fraction of sp³-hybridized carbons (Fsp3) is 0.444. The van der Waals surface area contributed by atoms with Crippen molar-refractivity contribution in [3.63, 3.8) is 0 Å². The van der Waals surface area contributed by atoms with Crippen LogP contribution in [0.25, 0.3) is 10.9 Å². The molecule has 2 N–H and O–H groups in total. The first kappa shape index (κ1) is 13.4. The number of aromatic amines is 1. The van der Waals surface area contributed by atoms with E-state index in [1.54, 1.807) is 0 Å². The van der Waals surface area contributed by atoms with Crippen molar-refractivity contribution in [3.8, 4) is 0 Å². The van der Waals surface area contributed by atoms with E-state index in [0.717, 1.165) is 19.5 Å². The van der Waals surface area contributed by atoms with Crippen LogP contribution in [0.4, 0.5) is 0 Å². The van der Waals surface area contributed by atoms with Crippen molar-refractivity contribution in [2.45, 2.75) is 32.1 Å². The second kappa shape index (κ2) is 6.27. The van der Waals surface area contributed by atoms with Crippen LogP contribution in [0.1, 0.15) is 31.2 Å². The van der Waals surface area contributed by atoms with Crippen LogP contribution in [0.5, 0.6) is 0 Å². The summed E-state index contributed by atoms with van der Waals surface area (Å²) in [7, 11) is 0. The van der Waals surface area contributed by atoms with Gasteiger partial charge in [0.05, 0.1) is 0 Å². The van der Waals surface area contributed by atoms with Gasteiger partial charge in [0.1, 0.15) is 0 Å². The van der Waals surface area contributed by atoms with E-state index in [2.05, 4.69) is 47.3 Å². The molecular weight excluding hydrogens is 244 g/mol. The number of para-hydroxylation sites is 1. The van der Waals surface area contributed by atoms with Crippen molar-refractivity contribution in [2.24, 2.45) is 5.92 Å². The summed E-state index contributed by atoms with van der Waals surface area (Å²) >= 11 is 0. The maximum absolute atomic E-state index is 4.22. The molecule has 2 heteroatoms. The number of benzene rings is 1. The van der Waals surface area contributed by atoms with Crippen molar-refractivity contribution in [2.75, 3.05) is 13.1 Å². The van der Waals surface area contributed by atoms with Crippen molar-refractivity contribution in [3.05, 3.63) is 48.2 Å². The van der Waals surface area contributed by atoms with Crippen LogP contribution in [-0.4, -0.2) is 18.1 Å². The number of H-pyrrole nitrogens is 1. The quantitative estimate of drug-likeness (QED) is 0.621. The Kier molecular flexibility index (Phi) is 4.22. The molecule has 1 saturated carbocycles. The van der Waals surface area contributed by atoms with Crippen LogP contribution in [-0.2, 0) is 6.42 Å². The molecule has 1 aromatic carbocycles. The fourth-order valence-electron chi connectivity index (χ4n) is 3.24. The van der Waals surface area contributed by atoms with E-state index in [9.17, 15) is 0 Å². The Balaban J connectivity index is 1.49. The van der Waals surface area contributed by atoms with E-state index in [1.807, 2.05) is 0 Å². The van der Waals surface area contributed by atoms with E-state index >= 15 is 0 Å². The van der Waals surface area contributed by atoms with E-state index in [0.29, 0.717) is 5.92 Å². The topological polar surface area (TPSA) is 27.8 Å². The first-order chi connectivity index (χ1) is 9.84. The maximum atomic E-state index is 4.22. The van der Waals surface area contributed by atoms with Gasteiger partial charge in [-0.25, -0.2) is 0 Å². The Morgan fingerprint density at radius 3 is 3.05 bits per heavy atom. The Bertz CT molecular complexity index is 582. The molecule has 2 nitrogen and oxygen atoms in total. The Hall–Kier alpha value is -1.54. The third-order valence-electron chi connectivity index (χ3n) is 4.51. The molecule has 106 valence electrons. The molecule has 0 amide bonds. The van der Waals surface area contributed by atoms with Gasteiger partial charge in [0, 0.05) is 23.6 Å². The van der Waals surface area contributed by atoms with Gasteiger partial charge in [-0.05, 0) is 49.8 Å². The first-order valence-electron chi connectivity index (χ1n) is 7.78. The summed E-state index contributed by atoms with van der Waals surface area (Å²) in [4.78, 5) is 3.34. The number of hydrogen-bond donors (Lipinski definition) is 2. The predicted molar refractivity (Wildman–Crippen MR) is 86.0 cm³/mol. The second-order valence-corrected chi connectivity index (χ2v) is 5.91. The van der Waals surface area contributed by atoms with Gasteiger partial charge in [-0.1, -0.05) is 36.8 Å². The molecule has 0 spiro atoms. The summed E-state index contributed by atoms with van der Waals surface area (Å²) in [6, 6.07) is 8.52. The highest BCUT2D eigenvalue weighted by molar-refractivity contribution is 5.83. The average Bonchev–Trinajstić information content (AvgIpc) is 2.89. The lowest BCUT2D eigenvalue weighted by atomic mass is 9.85. The van der Waals surface area contributed by atoms with Crippen LogP contribution in [0.15, 0.2) is 42.6 Å². The van der Waals surface area contributed by atoms with Gasteiger partial charge in [0.2, 0.25) is 0 Å². The number of hydrogen-bond acceptors (Lipinski definition) is 1. The monoisotopic (exact) mass is 268 g/mol. The standard InChI is InChI=1S/C18H24N2/c1-14-6-2-3-7-15(14)12-19-11-10-16-13-20-18-9-5-4-8-17(16)18/h4-5,8-9,13,15,19-20H,1-3,6-7,10-12H2. The second-order valence-electron chi connectivity index (χ2n) is 5.91. The zero-order valence-electron chi connectivity index (χ0n) is 12.1. The minimum Gasteiger partial charge on any atom is -0.361 e. The maximum Gasteiger partial charge on any atom is 0.0456 e. The molecule has 0 radical (unpaired) electrons. The SMILES string of the molecule is C=C1CCCCC1CNCCc1c[nH]c2ccccc12. The van der Waals surface area contributed by atoms with Crippen LogP contribution < -0.4 is 5.32 Å². The van der Waals surface area contributed by atoms with E-state index < -0.39 is 0 Å². The zero-order chi connectivity index (χ0) is 13.8. The molecule has 1 unspecified atom stereocenters. The van der Waals surface area contributed by atoms with E-state index in [4.69, 9.17) is 0 Å². The summed E-state index contributed by atoms with van der Waals surface area (Å²) in [5.74, 6) is 0.701. The van der Waals surface area contributed by atoms with Gasteiger partial charge in [-0.15, -0.1) is 0 Å². The van der Waals surface area contributed by atoms with Gasteiger partial charge < -0.3 is 10.3 Å². The van der Waals surface area contributed by atoms with Crippen molar-refractivity contribution in [1.82, 2.24) is 10.3 Å². The minimum atomic E-state index is 0.701. The highest BCUT2D eigenvalue weighted by Gasteiger charge is 2.16. The third kappa shape index (κ3) is 2.96. The molecule has 0 bridgehead atoms. The summed E-state index contributed by atoms with van der Waals surface area (Å²) in [5.41, 5.74) is 4.11. The lowest BCUT2D eigenvalue weighted by Crippen LogP contribution is -2.27. The van der Waals surface area contributed by atoms with Gasteiger partial charge in [0.15, 0.2) is 0 Å². The van der Waals surface area contributed by atoms with Gasteiger partial charge in [-0.3, -0.25) is 0 Å². The van der Waals surface area contributed by atoms with Crippen LogP contribution in [0, 0.1) is 5.92 Å². The smallest absolute Gasteiger partial charge is 0.0456 e. The highest BCUT2D eigenvalue weighted by Crippen LogP contribution is 2.27. The van der Waals surface area contributed by atoms with Gasteiger partial charge >= 0.3 is 0 Å². The molecule has 3 rings (SSSR count).